The van der Waals surface area contributed by atoms with E-state index in [-0.39, 0.29) is 34.2 Å². The van der Waals surface area contributed by atoms with Crippen LogP contribution in [0.3, 0.4) is 0 Å². The number of carbonyl (C=O) groups excluding carboxylic acids is 1. The van der Waals surface area contributed by atoms with Gasteiger partial charge in [0.25, 0.3) is 5.91 Å². The highest BCUT2D eigenvalue weighted by atomic mass is 32.2. The number of hydrogen-bond acceptors (Lipinski definition) is 6. The first kappa shape index (κ1) is 23.1. The van der Waals surface area contributed by atoms with Gasteiger partial charge in [0.2, 0.25) is 15.9 Å². The molecule has 1 N–H and O–H groups in total. The number of aromatic nitrogens is 2. The fourth-order valence-corrected chi connectivity index (χ4v) is 5.32. The molecular weight excluding hydrogens is 447 g/mol. The van der Waals surface area contributed by atoms with Crippen molar-refractivity contribution in [3.05, 3.63) is 71.4 Å². The molecule has 10 heteroatoms. The third-order valence-electron chi connectivity index (χ3n) is 5.84. The Balaban J connectivity index is 1.39. The number of rotatable bonds is 7. The molecule has 174 valence electrons. The van der Waals surface area contributed by atoms with Crippen LogP contribution in [0.4, 0.5) is 10.4 Å². The number of sulfonamides is 1. The molecule has 1 aliphatic carbocycles. The van der Waals surface area contributed by atoms with Gasteiger partial charge in [-0.3, -0.25) is 10.1 Å². The highest BCUT2D eigenvalue weighted by Gasteiger charge is 2.29. The molecule has 33 heavy (non-hydrogen) atoms. The maximum atomic E-state index is 13.0. The molecule has 0 atom stereocenters. The molecule has 8 nitrogen and oxygen atoms in total. The predicted molar refractivity (Wildman–Crippen MR) is 120 cm³/mol. The summed E-state index contributed by atoms with van der Waals surface area (Å²) in [6.07, 6.45) is 5.23. The zero-order chi connectivity index (χ0) is 23.4. The third kappa shape index (κ3) is 5.45. The molecule has 0 unspecified atom stereocenters. The molecule has 4 rings (SSSR count). The number of hydrogen-bond donors (Lipinski definition) is 1. The smallest absolute Gasteiger partial charge is 0.322 e. The molecule has 3 aromatic rings. The standard InChI is InChI=1S/C23H25FN4O4S/c1-28(19-5-3-2-4-6-19)33(30,31)20-13-9-17(10-14-20)22(29)25-23-27-26-21(32-23)15-16-7-11-18(24)12-8-16/h7-14,19H,2-6,15H2,1H3,(H,25,27,29). The zero-order valence-corrected chi connectivity index (χ0v) is 19.0. The first-order valence-corrected chi connectivity index (χ1v) is 12.2. The normalized spacial score (nSPS) is 15.0. The lowest BCUT2D eigenvalue weighted by molar-refractivity contribution is 0.102. The first-order chi connectivity index (χ1) is 15.8. The van der Waals surface area contributed by atoms with Gasteiger partial charge in [-0.15, -0.1) is 5.10 Å². The Morgan fingerprint density at radius 3 is 2.39 bits per heavy atom. The Kier molecular flexibility index (Phi) is 6.85. The average molecular weight is 473 g/mol. The van der Waals surface area contributed by atoms with Crippen molar-refractivity contribution in [2.45, 2.75) is 49.5 Å². The minimum atomic E-state index is -3.63. The van der Waals surface area contributed by atoms with Crippen LogP contribution in [0.25, 0.3) is 0 Å². The van der Waals surface area contributed by atoms with Gasteiger partial charge in [-0.2, -0.15) is 4.31 Å². The van der Waals surface area contributed by atoms with Gasteiger partial charge < -0.3 is 4.42 Å². The summed E-state index contributed by atoms with van der Waals surface area (Å²) in [5.74, 6) is -0.572. The number of anilines is 1. The molecule has 1 amide bonds. The highest BCUT2D eigenvalue weighted by molar-refractivity contribution is 7.89. The van der Waals surface area contributed by atoms with E-state index in [0.29, 0.717) is 6.42 Å². The van der Waals surface area contributed by atoms with Gasteiger partial charge in [0, 0.05) is 18.7 Å². The van der Waals surface area contributed by atoms with Crippen molar-refractivity contribution in [1.29, 1.82) is 0 Å². The maximum absolute atomic E-state index is 13.0. The topological polar surface area (TPSA) is 105 Å². The molecule has 0 aliphatic heterocycles. The quantitative estimate of drug-likeness (QED) is 0.557. The Labute approximate surface area is 191 Å². The lowest BCUT2D eigenvalue weighted by Gasteiger charge is -2.30. The van der Waals surface area contributed by atoms with Crippen molar-refractivity contribution in [3.8, 4) is 0 Å². The number of nitrogens with one attached hydrogen (secondary N) is 1. The monoisotopic (exact) mass is 472 g/mol. The van der Waals surface area contributed by atoms with Crippen LogP contribution in [-0.4, -0.2) is 41.9 Å². The third-order valence-corrected chi connectivity index (χ3v) is 7.76. The molecule has 1 aromatic heterocycles. The summed E-state index contributed by atoms with van der Waals surface area (Å²) in [6.45, 7) is 0. The number of nitrogens with zero attached hydrogens (tertiary/aromatic N) is 3. The van der Waals surface area contributed by atoms with E-state index in [1.165, 1.54) is 40.7 Å². The Morgan fingerprint density at radius 1 is 1.06 bits per heavy atom. The van der Waals surface area contributed by atoms with Crippen LogP contribution in [0.5, 0.6) is 0 Å². The van der Waals surface area contributed by atoms with Gasteiger partial charge in [-0.25, -0.2) is 12.8 Å². The Bertz CT molecular complexity index is 1200. The highest BCUT2D eigenvalue weighted by Crippen LogP contribution is 2.26. The van der Waals surface area contributed by atoms with E-state index in [4.69, 9.17) is 4.42 Å². The molecule has 2 aromatic carbocycles. The van der Waals surface area contributed by atoms with Crippen LogP contribution in [0, 0.1) is 5.82 Å². The molecule has 1 saturated carbocycles. The van der Waals surface area contributed by atoms with E-state index in [0.717, 1.165) is 37.7 Å². The van der Waals surface area contributed by atoms with Crippen molar-refractivity contribution in [1.82, 2.24) is 14.5 Å². The Hall–Kier alpha value is -3.11. The average Bonchev–Trinajstić information content (AvgIpc) is 3.27. The van der Waals surface area contributed by atoms with Crippen molar-refractivity contribution < 1.29 is 22.0 Å². The van der Waals surface area contributed by atoms with Gasteiger partial charge in [0.15, 0.2) is 0 Å². The number of benzene rings is 2. The van der Waals surface area contributed by atoms with Crippen LogP contribution >= 0.6 is 0 Å². The van der Waals surface area contributed by atoms with Crippen LogP contribution in [0.2, 0.25) is 0 Å². The fourth-order valence-electron chi connectivity index (χ4n) is 3.91. The molecular formula is C23H25FN4O4S. The second-order valence-electron chi connectivity index (χ2n) is 8.10. The summed E-state index contributed by atoms with van der Waals surface area (Å²) in [7, 11) is -2.02. The second kappa shape index (κ2) is 9.80. The summed E-state index contributed by atoms with van der Waals surface area (Å²) >= 11 is 0. The lowest BCUT2D eigenvalue weighted by Crippen LogP contribution is -2.38. The van der Waals surface area contributed by atoms with Crippen LogP contribution < -0.4 is 5.32 Å². The van der Waals surface area contributed by atoms with E-state index >= 15 is 0 Å². The first-order valence-electron chi connectivity index (χ1n) is 10.8. The Morgan fingerprint density at radius 2 is 1.73 bits per heavy atom. The van der Waals surface area contributed by atoms with E-state index < -0.39 is 15.9 Å². The van der Waals surface area contributed by atoms with Crippen molar-refractivity contribution in [3.63, 3.8) is 0 Å². The lowest BCUT2D eigenvalue weighted by atomic mass is 9.96. The van der Waals surface area contributed by atoms with E-state index in [1.807, 2.05) is 0 Å². The van der Waals surface area contributed by atoms with E-state index in [9.17, 15) is 17.6 Å². The van der Waals surface area contributed by atoms with Gasteiger partial charge >= 0.3 is 6.01 Å². The van der Waals surface area contributed by atoms with Crippen LogP contribution in [0.1, 0.15) is 53.9 Å². The molecule has 0 bridgehead atoms. The number of amides is 1. The molecule has 0 radical (unpaired) electrons. The molecule has 0 saturated heterocycles. The maximum Gasteiger partial charge on any atom is 0.322 e. The zero-order valence-electron chi connectivity index (χ0n) is 18.2. The van der Waals surface area contributed by atoms with Gasteiger partial charge in [0.05, 0.1) is 11.3 Å². The minimum Gasteiger partial charge on any atom is -0.407 e. The summed E-state index contributed by atoms with van der Waals surface area (Å²) in [4.78, 5) is 12.7. The van der Waals surface area contributed by atoms with Gasteiger partial charge in [0.1, 0.15) is 5.82 Å². The molecule has 0 spiro atoms. The summed E-state index contributed by atoms with van der Waals surface area (Å²) in [5, 5.41) is 10.2. The minimum absolute atomic E-state index is 0.00774. The van der Waals surface area contributed by atoms with Crippen LogP contribution in [-0.2, 0) is 16.4 Å². The second-order valence-corrected chi connectivity index (χ2v) is 10.1. The summed E-state index contributed by atoms with van der Waals surface area (Å²) < 4.78 is 45.8. The summed E-state index contributed by atoms with van der Waals surface area (Å²) in [5.41, 5.74) is 1.04. The molecule has 1 heterocycles. The van der Waals surface area contributed by atoms with Crippen molar-refractivity contribution >= 4 is 21.9 Å². The van der Waals surface area contributed by atoms with Gasteiger partial charge in [-0.05, 0) is 54.8 Å². The molecule has 1 aliphatic rings. The number of halogens is 1. The molecule has 1 fully saturated rings. The fraction of sp³-hybridized carbons (Fsp3) is 0.348. The van der Waals surface area contributed by atoms with Gasteiger partial charge in [-0.1, -0.05) is 36.5 Å². The van der Waals surface area contributed by atoms with E-state index in [2.05, 4.69) is 15.5 Å². The van der Waals surface area contributed by atoms with Crippen molar-refractivity contribution in [2.24, 2.45) is 0 Å². The van der Waals surface area contributed by atoms with E-state index in [1.54, 1.807) is 19.2 Å². The predicted octanol–water partition coefficient (Wildman–Crippen LogP) is 4.01. The number of carbonyl (C=O) groups is 1. The largest absolute Gasteiger partial charge is 0.407 e. The van der Waals surface area contributed by atoms with Crippen LogP contribution in [0.15, 0.2) is 57.8 Å². The summed E-state index contributed by atoms with van der Waals surface area (Å²) in [6, 6.07) is 11.6. The SMILES string of the molecule is CN(C1CCCCC1)S(=O)(=O)c1ccc(C(=O)Nc2nnc(Cc3ccc(F)cc3)o2)cc1. The van der Waals surface area contributed by atoms with Crippen molar-refractivity contribution in [2.75, 3.05) is 12.4 Å².